The van der Waals surface area contributed by atoms with Gasteiger partial charge in [-0.25, -0.2) is 4.98 Å². The molecule has 1 aliphatic rings. The number of para-hydroxylation sites is 1. The lowest BCUT2D eigenvalue weighted by molar-refractivity contribution is 0.358. The summed E-state index contributed by atoms with van der Waals surface area (Å²) in [5.41, 5.74) is 4.14. The number of nitrogens with zero attached hydrogens (tertiary/aromatic N) is 2. The Morgan fingerprint density at radius 3 is 2.85 bits per heavy atom. The summed E-state index contributed by atoms with van der Waals surface area (Å²) in [5, 5.41) is 0. The zero-order valence-electron chi connectivity index (χ0n) is 12.6. The molecule has 1 heterocycles. The van der Waals surface area contributed by atoms with E-state index in [9.17, 15) is 0 Å². The van der Waals surface area contributed by atoms with Crippen molar-refractivity contribution in [1.29, 1.82) is 0 Å². The maximum absolute atomic E-state index is 5.98. The van der Waals surface area contributed by atoms with E-state index in [1.165, 1.54) is 30.3 Å². The van der Waals surface area contributed by atoms with Crippen molar-refractivity contribution in [3.8, 4) is 0 Å². The highest BCUT2D eigenvalue weighted by Crippen LogP contribution is 2.45. The zero-order chi connectivity index (χ0) is 14.3. The van der Waals surface area contributed by atoms with E-state index in [0.29, 0.717) is 17.3 Å². The fraction of sp³-hybridized carbons (Fsp3) is 0.588. The third-order valence-electron chi connectivity index (χ3n) is 4.62. The fourth-order valence-corrected chi connectivity index (χ4v) is 3.76. The average molecular weight is 291 g/mol. The second-order valence-corrected chi connectivity index (χ2v) is 7.22. The second-order valence-electron chi connectivity index (χ2n) is 6.84. The minimum absolute atomic E-state index is 0.448. The summed E-state index contributed by atoms with van der Waals surface area (Å²) in [6.45, 7) is 6.89. The van der Waals surface area contributed by atoms with E-state index in [1.807, 2.05) is 0 Å². The Morgan fingerprint density at radius 1 is 1.40 bits per heavy atom. The van der Waals surface area contributed by atoms with Gasteiger partial charge in [0.15, 0.2) is 0 Å². The first kappa shape index (κ1) is 13.9. The zero-order valence-corrected chi connectivity index (χ0v) is 13.4. The molecule has 0 amide bonds. The first-order chi connectivity index (χ1) is 9.52. The average Bonchev–Trinajstić information content (AvgIpc) is 2.91. The summed E-state index contributed by atoms with van der Waals surface area (Å²) in [4.78, 5) is 4.87. The maximum atomic E-state index is 5.98. The fourth-order valence-electron chi connectivity index (χ4n) is 3.59. The van der Waals surface area contributed by atoms with Crippen molar-refractivity contribution in [2.24, 2.45) is 5.41 Å². The summed E-state index contributed by atoms with van der Waals surface area (Å²) in [6.07, 6.45) is 4.64. The molecule has 1 aliphatic carbocycles. The lowest BCUT2D eigenvalue weighted by atomic mass is 9.92. The van der Waals surface area contributed by atoms with Crippen LogP contribution in [0, 0.1) is 12.3 Å². The lowest BCUT2D eigenvalue weighted by Crippen LogP contribution is -2.12. The van der Waals surface area contributed by atoms with Crippen LogP contribution in [0.4, 0.5) is 0 Å². The number of benzene rings is 1. The number of hydrogen-bond donors (Lipinski definition) is 0. The molecule has 0 bridgehead atoms. The molecule has 1 atom stereocenters. The van der Waals surface area contributed by atoms with Gasteiger partial charge in [-0.2, -0.15) is 0 Å². The monoisotopic (exact) mass is 290 g/mol. The predicted molar refractivity (Wildman–Crippen MR) is 85.6 cm³/mol. The van der Waals surface area contributed by atoms with E-state index in [0.717, 1.165) is 17.8 Å². The van der Waals surface area contributed by atoms with Crippen LogP contribution >= 0.6 is 11.6 Å². The van der Waals surface area contributed by atoms with E-state index < -0.39 is 0 Å². The van der Waals surface area contributed by atoms with Gasteiger partial charge in [-0.3, -0.25) is 0 Å². The van der Waals surface area contributed by atoms with Crippen molar-refractivity contribution >= 4 is 22.6 Å². The van der Waals surface area contributed by atoms with Gasteiger partial charge in [0.2, 0.25) is 0 Å². The molecule has 2 aromatic rings. The Balaban J connectivity index is 2.12. The van der Waals surface area contributed by atoms with Crippen LogP contribution in [0.25, 0.3) is 11.0 Å². The number of imidazole rings is 1. The van der Waals surface area contributed by atoms with Crippen LogP contribution in [0.5, 0.6) is 0 Å². The molecule has 1 aromatic heterocycles. The van der Waals surface area contributed by atoms with Crippen molar-refractivity contribution < 1.29 is 0 Å². The highest BCUT2D eigenvalue weighted by Gasteiger charge is 2.33. The molecule has 1 unspecified atom stereocenters. The van der Waals surface area contributed by atoms with Crippen LogP contribution in [-0.2, 0) is 6.42 Å². The predicted octanol–water partition coefficient (Wildman–Crippen LogP) is 4.88. The standard InChI is InChI=1S/C17H23ClN2/c1-12-5-4-6-14-16(12)19-15(8-10-18)20(14)13-7-9-17(2,3)11-13/h4-6,13H,7-11H2,1-3H3. The van der Waals surface area contributed by atoms with Crippen molar-refractivity contribution in [1.82, 2.24) is 9.55 Å². The van der Waals surface area contributed by atoms with Crippen molar-refractivity contribution in [2.45, 2.75) is 52.5 Å². The number of halogens is 1. The van der Waals surface area contributed by atoms with E-state index >= 15 is 0 Å². The van der Waals surface area contributed by atoms with E-state index in [2.05, 4.69) is 43.5 Å². The van der Waals surface area contributed by atoms with Gasteiger partial charge in [0.25, 0.3) is 0 Å². The van der Waals surface area contributed by atoms with Crippen LogP contribution in [0.15, 0.2) is 18.2 Å². The lowest BCUT2D eigenvalue weighted by Gasteiger charge is -2.20. The Morgan fingerprint density at radius 2 is 2.20 bits per heavy atom. The van der Waals surface area contributed by atoms with Crippen LogP contribution in [0.1, 0.15) is 50.5 Å². The van der Waals surface area contributed by atoms with Crippen molar-refractivity contribution in [2.75, 3.05) is 5.88 Å². The third-order valence-corrected chi connectivity index (χ3v) is 4.81. The number of hydrogen-bond acceptors (Lipinski definition) is 1. The summed E-state index contributed by atoms with van der Waals surface area (Å²) in [5.74, 6) is 1.80. The molecular formula is C17H23ClN2. The summed E-state index contributed by atoms with van der Waals surface area (Å²) in [7, 11) is 0. The molecule has 0 saturated heterocycles. The SMILES string of the molecule is Cc1cccc2c1nc(CCCl)n2C1CCC(C)(C)C1. The second kappa shape index (κ2) is 5.07. The third kappa shape index (κ3) is 2.35. The molecule has 3 heteroatoms. The summed E-state index contributed by atoms with van der Waals surface area (Å²) in [6, 6.07) is 7.07. The Hall–Kier alpha value is -1.02. The van der Waals surface area contributed by atoms with Gasteiger partial charge in [-0.1, -0.05) is 26.0 Å². The normalized spacial score (nSPS) is 21.7. The topological polar surface area (TPSA) is 17.8 Å². The van der Waals surface area contributed by atoms with Crippen LogP contribution in [0.3, 0.4) is 0 Å². The first-order valence-corrected chi connectivity index (χ1v) is 8.08. The first-order valence-electron chi connectivity index (χ1n) is 7.54. The number of aromatic nitrogens is 2. The van der Waals surface area contributed by atoms with Crippen LogP contribution < -0.4 is 0 Å². The van der Waals surface area contributed by atoms with E-state index in [1.54, 1.807) is 0 Å². The number of rotatable bonds is 3. The van der Waals surface area contributed by atoms with E-state index in [4.69, 9.17) is 16.6 Å². The summed E-state index contributed by atoms with van der Waals surface area (Å²) < 4.78 is 2.47. The molecule has 108 valence electrons. The van der Waals surface area contributed by atoms with Crippen LogP contribution in [-0.4, -0.2) is 15.4 Å². The molecule has 0 radical (unpaired) electrons. The number of alkyl halides is 1. The highest BCUT2D eigenvalue weighted by molar-refractivity contribution is 6.17. The van der Waals surface area contributed by atoms with E-state index in [-0.39, 0.29) is 0 Å². The van der Waals surface area contributed by atoms with Gasteiger partial charge < -0.3 is 4.57 Å². The molecule has 3 rings (SSSR count). The van der Waals surface area contributed by atoms with Gasteiger partial charge in [0.1, 0.15) is 5.82 Å². The molecule has 1 saturated carbocycles. The van der Waals surface area contributed by atoms with Gasteiger partial charge in [-0.05, 0) is 43.2 Å². The summed E-state index contributed by atoms with van der Waals surface area (Å²) >= 11 is 5.98. The minimum atomic E-state index is 0.448. The maximum Gasteiger partial charge on any atom is 0.111 e. The van der Waals surface area contributed by atoms with Gasteiger partial charge >= 0.3 is 0 Å². The quantitative estimate of drug-likeness (QED) is 0.737. The molecule has 0 aliphatic heterocycles. The smallest absolute Gasteiger partial charge is 0.111 e. The number of aryl methyl sites for hydroxylation is 2. The molecule has 0 N–H and O–H groups in total. The van der Waals surface area contributed by atoms with Gasteiger partial charge in [0.05, 0.1) is 11.0 Å². The highest BCUT2D eigenvalue weighted by atomic mass is 35.5. The van der Waals surface area contributed by atoms with Crippen LogP contribution in [0.2, 0.25) is 0 Å². The molecule has 2 nitrogen and oxygen atoms in total. The Kier molecular flexibility index (Phi) is 3.53. The molecule has 1 fully saturated rings. The molecule has 20 heavy (non-hydrogen) atoms. The van der Waals surface area contributed by atoms with Crippen molar-refractivity contribution in [3.05, 3.63) is 29.6 Å². The largest absolute Gasteiger partial charge is 0.325 e. The molecule has 1 aromatic carbocycles. The Labute approximate surface area is 126 Å². The molecular weight excluding hydrogens is 268 g/mol. The number of fused-ring (bicyclic) bond motifs is 1. The Bertz CT molecular complexity index is 627. The van der Waals surface area contributed by atoms with Crippen molar-refractivity contribution in [3.63, 3.8) is 0 Å². The minimum Gasteiger partial charge on any atom is -0.325 e. The molecule has 0 spiro atoms. The van der Waals surface area contributed by atoms with Gasteiger partial charge in [-0.15, -0.1) is 11.6 Å². The van der Waals surface area contributed by atoms with Gasteiger partial charge in [0, 0.05) is 18.3 Å².